The summed E-state index contributed by atoms with van der Waals surface area (Å²) in [5.74, 6) is 1.26. The van der Waals surface area contributed by atoms with Crippen LogP contribution in [-0.2, 0) is 0 Å². The van der Waals surface area contributed by atoms with Gasteiger partial charge in [0.1, 0.15) is 17.0 Å². The Morgan fingerprint density at radius 3 is 2.71 bits per heavy atom. The van der Waals surface area contributed by atoms with Crippen molar-refractivity contribution in [3.63, 3.8) is 0 Å². The van der Waals surface area contributed by atoms with Gasteiger partial charge in [-0.05, 0) is 37.6 Å². The fraction of sp³-hybridized carbons (Fsp3) is 0.154. The first-order valence-corrected chi connectivity index (χ1v) is 5.37. The van der Waals surface area contributed by atoms with Gasteiger partial charge in [0, 0.05) is 17.0 Å². The third-order valence-electron chi connectivity index (χ3n) is 3.00. The van der Waals surface area contributed by atoms with Gasteiger partial charge in [-0.2, -0.15) is 0 Å². The molecular weight excluding hydrogens is 216 g/mol. The molecule has 0 amide bonds. The molecule has 0 spiro atoms. The van der Waals surface area contributed by atoms with Crippen molar-refractivity contribution in [2.45, 2.75) is 13.8 Å². The highest BCUT2D eigenvalue weighted by Gasteiger charge is 2.10. The lowest BCUT2D eigenvalue weighted by Gasteiger charge is -1.95. The van der Waals surface area contributed by atoms with E-state index in [0.29, 0.717) is 5.88 Å². The maximum atomic E-state index is 5.63. The summed E-state index contributed by atoms with van der Waals surface area (Å²) < 4.78 is 10.5. The van der Waals surface area contributed by atoms with Crippen molar-refractivity contribution in [1.82, 2.24) is 5.16 Å². The number of fused-ring (bicyclic) bond motifs is 1. The first-order valence-electron chi connectivity index (χ1n) is 5.37. The van der Waals surface area contributed by atoms with Crippen molar-refractivity contribution in [1.29, 1.82) is 0 Å². The molecule has 4 nitrogen and oxygen atoms in total. The zero-order chi connectivity index (χ0) is 12.0. The van der Waals surface area contributed by atoms with Crippen molar-refractivity contribution in [3.8, 4) is 11.3 Å². The molecule has 2 heterocycles. The lowest BCUT2D eigenvalue weighted by Crippen LogP contribution is -1.78. The Labute approximate surface area is 98.0 Å². The van der Waals surface area contributed by atoms with E-state index in [1.165, 1.54) is 0 Å². The molecule has 86 valence electrons. The van der Waals surface area contributed by atoms with Gasteiger partial charge in [0.2, 0.25) is 5.88 Å². The van der Waals surface area contributed by atoms with Crippen molar-refractivity contribution in [2.24, 2.45) is 0 Å². The molecule has 3 rings (SSSR count). The zero-order valence-electron chi connectivity index (χ0n) is 9.65. The summed E-state index contributed by atoms with van der Waals surface area (Å²) in [5, 5.41) is 5.00. The van der Waals surface area contributed by atoms with E-state index in [2.05, 4.69) is 5.16 Å². The Morgan fingerprint density at radius 2 is 2.00 bits per heavy atom. The van der Waals surface area contributed by atoms with Crippen LogP contribution in [0.2, 0.25) is 0 Å². The van der Waals surface area contributed by atoms with Gasteiger partial charge in [-0.15, -0.1) is 0 Å². The van der Waals surface area contributed by atoms with Crippen LogP contribution < -0.4 is 5.73 Å². The lowest BCUT2D eigenvalue weighted by molar-refractivity contribution is 0.439. The second-order valence-corrected chi connectivity index (χ2v) is 4.11. The molecule has 4 heteroatoms. The number of nitrogen functional groups attached to an aromatic ring is 1. The third-order valence-corrected chi connectivity index (χ3v) is 3.00. The number of aromatic nitrogens is 1. The van der Waals surface area contributed by atoms with Crippen molar-refractivity contribution < 1.29 is 8.94 Å². The van der Waals surface area contributed by atoms with Crippen LogP contribution in [0.25, 0.3) is 22.2 Å². The average molecular weight is 228 g/mol. The highest BCUT2D eigenvalue weighted by atomic mass is 16.5. The SMILES string of the molecule is Cc1oc2ccc(-c3cc(N)on3)cc2c1C. The number of hydrogen-bond donors (Lipinski definition) is 1. The molecule has 0 bridgehead atoms. The molecule has 0 saturated heterocycles. The van der Waals surface area contributed by atoms with Gasteiger partial charge in [0.05, 0.1) is 0 Å². The number of rotatable bonds is 1. The van der Waals surface area contributed by atoms with Gasteiger partial charge in [-0.3, -0.25) is 0 Å². The summed E-state index contributed by atoms with van der Waals surface area (Å²) in [5.41, 5.74) is 9.27. The summed E-state index contributed by atoms with van der Waals surface area (Å²) in [6, 6.07) is 7.64. The maximum absolute atomic E-state index is 5.63. The second-order valence-electron chi connectivity index (χ2n) is 4.11. The van der Waals surface area contributed by atoms with Crippen LogP contribution in [0.1, 0.15) is 11.3 Å². The fourth-order valence-corrected chi connectivity index (χ4v) is 1.93. The van der Waals surface area contributed by atoms with Crippen LogP contribution in [0.4, 0.5) is 5.88 Å². The average Bonchev–Trinajstić information content (AvgIpc) is 2.85. The number of nitrogens with two attached hydrogens (primary N) is 1. The molecule has 0 aliphatic carbocycles. The predicted molar refractivity (Wildman–Crippen MR) is 65.6 cm³/mol. The van der Waals surface area contributed by atoms with E-state index in [-0.39, 0.29) is 0 Å². The monoisotopic (exact) mass is 228 g/mol. The highest BCUT2D eigenvalue weighted by molar-refractivity contribution is 5.86. The normalized spacial score (nSPS) is 11.2. The van der Waals surface area contributed by atoms with Gasteiger partial charge < -0.3 is 14.7 Å². The second kappa shape index (κ2) is 3.38. The summed E-state index contributed by atoms with van der Waals surface area (Å²) in [6.07, 6.45) is 0. The third kappa shape index (κ3) is 1.49. The maximum Gasteiger partial charge on any atom is 0.222 e. The van der Waals surface area contributed by atoms with Crippen LogP contribution >= 0.6 is 0 Å². The molecule has 0 saturated carbocycles. The fourth-order valence-electron chi connectivity index (χ4n) is 1.93. The molecule has 0 unspecified atom stereocenters. The minimum absolute atomic E-state index is 0.320. The molecule has 2 aromatic heterocycles. The lowest BCUT2D eigenvalue weighted by atomic mass is 10.1. The molecular formula is C13H12N2O2. The zero-order valence-corrected chi connectivity index (χ0v) is 9.65. The van der Waals surface area contributed by atoms with Crippen molar-refractivity contribution in [2.75, 3.05) is 5.73 Å². The van der Waals surface area contributed by atoms with Crippen molar-refractivity contribution in [3.05, 3.63) is 35.6 Å². The Balaban J connectivity index is 2.22. The van der Waals surface area contributed by atoms with Gasteiger partial charge >= 0.3 is 0 Å². The van der Waals surface area contributed by atoms with Gasteiger partial charge in [0.25, 0.3) is 0 Å². The molecule has 2 N–H and O–H groups in total. The molecule has 3 aromatic rings. The first-order chi connectivity index (χ1) is 8.15. The Morgan fingerprint density at radius 1 is 1.18 bits per heavy atom. The van der Waals surface area contributed by atoms with Crippen molar-refractivity contribution >= 4 is 16.9 Å². The summed E-state index contributed by atoms with van der Waals surface area (Å²) >= 11 is 0. The van der Waals surface area contributed by atoms with E-state index in [0.717, 1.165) is 33.6 Å². The Kier molecular flexibility index (Phi) is 1.98. The summed E-state index contributed by atoms with van der Waals surface area (Å²) in [4.78, 5) is 0. The molecule has 0 radical (unpaired) electrons. The largest absolute Gasteiger partial charge is 0.461 e. The Bertz CT molecular complexity index is 695. The molecule has 17 heavy (non-hydrogen) atoms. The number of benzene rings is 1. The van der Waals surface area contributed by atoms with Crippen LogP contribution in [0.5, 0.6) is 0 Å². The van der Waals surface area contributed by atoms with Crippen LogP contribution in [-0.4, -0.2) is 5.16 Å². The summed E-state index contributed by atoms with van der Waals surface area (Å²) in [6.45, 7) is 4.01. The van der Waals surface area contributed by atoms with E-state index in [9.17, 15) is 0 Å². The standard InChI is InChI=1S/C13H12N2O2/c1-7-8(2)16-12-4-3-9(5-10(7)12)11-6-13(14)17-15-11/h3-6H,14H2,1-2H3. The van der Waals surface area contributed by atoms with Gasteiger partial charge in [0.15, 0.2) is 0 Å². The topological polar surface area (TPSA) is 65.2 Å². The smallest absolute Gasteiger partial charge is 0.222 e. The number of aryl methyl sites for hydroxylation is 2. The highest BCUT2D eigenvalue weighted by Crippen LogP contribution is 2.29. The van der Waals surface area contributed by atoms with Crippen LogP contribution in [0.3, 0.4) is 0 Å². The number of furan rings is 1. The molecule has 0 fully saturated rings. The van der Waals surface area contributed by atoms with E-state index in [1.54, 1.807) is 6.07 Å². The molecule has 0 atom stereocenters. The molecule has 1 aromatic carbocycles. The van der Waals surface area contributed by atoms with Gasteiger partial charge in [-0.25, -0.2) is 0 Å². The number of nitrogens with zero attached hydrogens (tertiary/aromatic N) is 1. The van der Waals surface area contributed by atoms with E-state index in [1.807, 2.05) is 32.0 Å². The number of hydrogen-bond acceptors (Lipinski definition) is 4. The minimum Gasteiger partial charge on any atom is -0.461 e. The van der Waals surface area contributed by atoms with Crippen LogP contribution in [0, 0.1) is 13.8 Å². The molecule has 0 aliphatic heterocycles. The quantitative estimate of drug-likeness (QED) is 0.694. The number of anilines is 1. The van der Waals surface area contributed by atoms with E-state index in [4.69, 9.17) is 14.7 Å². The predicted octanol–water partition coefficient (Wildman–Crippen LogP) is 3.29. The van der Waals surface area contributed by atoms with Crippen LogP contribution in [0.15, 0.2) is 33.2 Å². The van der Waals surface area contributed by atoms with E-state index >= 15 is 0 Å². The minimum atomic E-state index is 0.320. The Hall–Kier alpha value is -2.23. The molecule has 0 aliphatic rings. The summed E-state index contributed by atoms with van der Waals surface area (Å²) in [7, 11) is 0. The van der Waals surface area contributed by atoms with E-state index < -0.39 is 0 Å². The van der Waals surface area contributed by atoms with Gasteiger partial charge in [-0.1, -0.05) is 5.16 Å². The first kappa shape index (κ1) is 9.96.